The number of hydrogen-bond donors (Lipinski definition) is 0. The van der Waals surface area contributed by atoms with Gasteiger partial charge in [-0.1, -0.05) is 22.6 Å². The highest BCUT2D eigenvalue weighted by molar-refractivity contribution is 14.1. The molecule has 16 heavy (non-hydrogen) atoms. The maximum absolute atomic E-state index is 4.35. The largest absolute Gasteiger partial charge is 0.244 e. The van der Waals surface area contributed by atoms with Crippen molar-refractivity contribution in [2.75, 3.05) is 0 Å². The zero-order chi connectivity index (χ0) is 11.0. The first kappa shape index (κ1) is 10.5. The van der Waals surface area contributed by atoms with Crippen molar-refractivity contribution in [1.29, 1.82) is 0 Å². The molecule has 3 rings (SSSR count). The number of rotatable bonds is 2. The molecule has 0 saturated carbocycles. The Hall–Kier alpha value is -0.600. The molecule has 0 bridgehead atoms. The van der Waals surface area contributed by atoms with Crippen LogP contribution in [0.4, 0.5) is 0 Å². The van der Waals surface area contributed by atoms with Crippen LogP contribution in [-0.2, 0) is 4.43 Å². The number of hydrogen-bond acceptors (Lipinski definition) is 5. The number of alkyl halides is 1. The molecule has 3 heterocycles. The van der Waals surface area contributed by atoms with E-state index in [4.69, 9.17) is 0 Å². The number of nitrogens with zero attached hydrogens (tertiary/aromatic N) is 3. The van der Waals surface area contributed by atoms with Crippen LogP contribution < -0.4 is 0 Å². The molecule has 0 atom stereocenters. The second-order valence-corrected chi connectivity index (χ2v) is 5.64. The Morgan fingerprint density at radius 2 is 2.12 bits per heavy atom. The summed E-state index contributed by atoms with van der Waals surface area (Å²) in [7, 11) is 0. The molecule has 0 fully saturated rings. The van der Waals surface area contributed by atoms with E-state index in [0.29, 0.717) is 0 Å². The Kier molecular flexibility index (Phi) is 2.86. The van der Waals surface area contributed by atoms with E-state index in [1.165, 1.54) is 5.56 Å². The van der Waals surface area contributed by atoms with Crippen LogP contribution in [0.25, 0.3) is 20.8 Å². The van der Waals surface area contributed by atoms with Crippen LogP contribution in [0.3, 0.4) is 0 Å². The molecule has 80 valence electrons. The zero-order valence-corrected chi connectivity index (χ0v) is 11.8. The van der Waals surface area contributed by atoms with Crippen molar-refractivity contribution in [3.63, 3.8) is 0 Å². The second-order valence-electron chi connectivity index (χ2n) is 3.12. The first-order chi connectivity index (χ1) is 7.90. The van der Waals surface area contributed by atoms with Crippen LogP contribution in [-0.4, -0.2) is 15.0 Å². The lowest BCUT2D eigenvalue weighted by Gasteiger charge is -1.99. The standard InChI is InChI=1S/C10H6IN3S2/c11-3-7-8-6(9-12-1-2-15-9)4-16-10(8)14-5-13-7/h1-2,4-5H,3H2. The Balaban J connectivity index is 2.34. The topological polar surface area (TPSA) is 38.7 Å². The number of thiazole rings is 1. The SMILES string of the molecule is ICc1ncnc2scc(-c3nccs3)c12. The first-order valence-electron chi connectivity index (χ1n) is 4.57. The molecule has 0 spiro atoms. The van der Waals surface area contributed by atoms with Crippen LogP contribution in [0.5, 0.6) is 0 Å². The van der Waals surface area contributed by atoms with E-state index in [-0.39, 0.29) is 0 Å². The molecule has 0 aliphatic rings. The monoisotopic (exact) mass is 359 g/mol. The summed E-state index contributed by atoms with van der Waals surface area (Å²) >= 11 is 5.64. The van der Waals surface area contributed by atoms with E-state index in [2.05, 4.69) is 42.9 Å². The molecule has 3 nitrogen and oxygen atoms in total. The minimum Gasteiger partial charge on any atom is -0.244 e. The van der Waals surface area contributed by atoms with Gasteiger partial charge in [0.2, 0.25) is 0 Å². The number of halogens is 1. The van der Waals surface area contributed by atoms with Gasteiger partial charge in [-0.25, -0.2) is 15.0 Å². The summed E-state index contributed by atoms with van der Waals surface area (Å²) in [4.78, 5) is 14.0. The third kappa shape index (κ3) is 1.64. The third-order valence-corrected chi connectivity index (χ3v) is 4.65. The Morgan fingerprint density at radius 3 is 2.88 bits per heavy atom. The Morgan fingerprint density at radius 1 is 1.19 bits per heavy atom. The first-order valence-corrected chi connectivity index (χ1v) is 7.85. The Bertz CT molecular complexity index is 618. The molecule has 0 saturated heterocycles. The van der Waals surface area contributed by atoms with Gasteiger partial charge in [-0.05, 0) is 0 Å². The van der Waals surface area contributed by atoms with E-state index < -0.39 is 0 Å². The minimum atomic E-state index is 0.895. The molecule has 0 radical (unpaired) electrons. The molecule has 0 aromatic carbocycles. The lowest BCUT2D eigenvalue weighted by molar-refractivity contribution is 1.15. The van der Waals surface area contributed by atoms with Crippen LogP contribution >= 0.6 is 45.3 Å². The van der Waals surface area contributed by atoms with Crippen LogP contribution in [0.2, 0.25) is 0 Å². The molecule has 3 aromatic heterocycles. The molecule has 0 aliphatic heterocycles. The summed E-state index contributed by atoms with van der Waals surface area (Å²) in [6.45, 7) is 0. The van der Waals surface area contributed by atoms with Gasteiger partial charge in [-0.3, -0.25) is 0 Å². The predicted molar refractivity (Wildman–Crippen MR) is 76.2 cm³/mol. The Labute approximate surface area is 114 Å². The fourth-order valence-electron chi connectivity index (χ4n) is 1.55. The van der Waals surface area contributed by atoms with E-state index in [1.807, 2.05) is 11.6 Å². The van der Waals surface area contributed by atoms with Crippen molar-refractivity contribution in [2.24, 2.45) is 0 Å². The zero-order valence-electron chi connectivity index (χ0n) is 8.05. The van der Waals surface area contributed by atoms with E-state index in [0.717, 1.165) is 25.3 Å². The number of aromatic nitrogens is 3. The second kappa shape index (κ2) is 4.34. The summed E-state index contributed by atoms with van der Waals surface area (Å²) in [6.07, 6.45) is 3.47. The van der Waals surface area contributed by atoms with Crippen molar-refractivity contribution in [1.82, 2.24) is 15.0 Å². The molecule has 3 aromatic rings. The highest BCUT2D eigenvalue weighted by atomic mass is 127. The van der Waals surface area contributed by atoms with Gasteiger partial charge in [0, 0.05) is 32.3 Å². The molecule has 6 heteroatoms. The molecular formula is C10H6IN3S2. The van der Waals surface area contributed by atoms with E-state index >= 15 is 0 Å². The fourth-order valence-corrected chi connectivity index (χ4v) is 3.78. The van der Waals surface area contributed by atoms with Gasteiger partial charge in [-0.2, -0.15) is 0 Å². The summed E-state index contributed by atoms with van der Waals surface area (Å²) in [5.41, 5.74) is 2.26. The van der Waals surface area contributed by atoms with Crippen molar-refractivity contribution in [3.8, 4) is 10.6 Å². The molecule has 0 unspecified atom stereocenters. The van der Waals surface area contributed by atoms with Crippen LogP contribution in [0.1, 0.15) is 5.69 Å². The predicted octanol–water partition coefficient (Wildman–Crippen LogP) is 3.75. The third-order valence-electron chi connectivity index (χ3n) is 2.24. The normalized spacial score (nSPS) is 11.1. The summed E-state index contributed by atoms with van der Waals surface area (Å²) in [6, 6.07) is 0. The smallest absolute Gasteiger partial charge is 0.127 e. The fraction of sp³-hybridized carbons (Fsp3) is 0.100. The van der Waals surface area contributed by atoms with E-state index in [9.17, 15) is 0 Å². The molecule has 0 N–H and O–H groups in total. The summed E-state index contributed by atoms with van der Waals surface area (Å²) in [5.74, 6) is 0. The lowest BCUT2D eigenvalue weighted by atomic mass is 10.2. The minimum absolute atomic E-state index is 0.895. The van der Waals surface area contributed by atoms with Gasteiger partial charge >= 0.3 is 0 Å². The van der Waals surface area contributed by atoms with Gasteiger partial charge < -0.3 is 0 Å². The highest BCUT2D eigenvalue weighted by Gasteiger charge is 2.13. The molecule has 0 amide bonds. The average Bonchev–Trinajstić information content (AvgIpc) is 2.96. The summed E-state index contributed by atoms with van der Waals surface area (Å²) in [5, 5.41) is 6.32. The van der Waals surface area contributed by atoms with Gasteiger partial charge in [-0.15, -0.1) is 22.7 Å². The summed E-state index contributed by atoms with van der Waals surface area (Å²) < 4.78 is 0.895. The van der Waals surface area contributed by atoms with Crippen molar-refractivity contribution in [2.45, 2.75) is 4.43 Å². The maximum Gasteiger partial charge on any atom is 0.127 e. The highest BCUT2D eigenvalue weighted by Crippen LogP contribution is 2.35. The van der Waals surface area contributed by atoms with Crippen molar-refractivity contribution in [3.05, 3.63) is 29.0 Å². The van der Waals surface area contributed by atoms with Gasteiger partial charge in [0.15, 0.2) is 0 Å². The van der Waals surface area contributed by atoms with Crippen LogP contribution in [0.15, 0.2) is 23.3 Å². The van der Waals surface area contributed by atoms with E-state index in [1.54, 1.807) is 29.0 Å². The quantitative estimate of drug-likeness (QED) is 0.517. The number of thiophene rings is 1. The maximum atomic E-state index is 4.35. The van der Waals surface area contributed by atoms with Gasteiger partial charge in [0.05, 0.1) is 5.69 Å². The van der Waals surface area contributed by atoms with Crippen molar-refractivity contribution < 1.29 is 0 Å². The number of fused-ring (bicyclic) bond motifs is 1. The molecular weight excluding hydrogens is 353 g/mol. The average molecular weight is 359 g/mol. The van der Waals surface area contributed by atoms with Gasteiger partial charge in [0.25, 0.3) is 0 Å². The van der Waals surface area contributed by atoms with Crippen LogP contribution in [0, 0.1) is 0 Å². The van der Waals surface area contributed by atoms with Gasteiger partial charge in [0.1, 0.15) is 16.2 Å². The lowest BCUT2D eigenvalue weighted by Crippen LogP contribution is -1.88. The van der Waals surface area contributed by atoms with Crippen molar-refractivity contribution >= 4 is 55.5 Å². The molecule has 0 aliphatic carbocycles.